The maximum atomic E-state index is 13.3. The first-order valence-corrected chi connectivity index (χ1v) is 6.32. The minimum absolute atomic E-state index is 0.0120. The molecule has 0 aromatic heterocycles. The van der Waals surface area contributed by atoms with Gasteiger partial charge in [-0.1, -0.05) is 6.07 Å². The van der Waals surface area contributed by atoms with Gasteiger partial charge in [-0.05, 0) is 31.5 Å². The molecule has 0 saturated carbocycles. The van der Waals surface area contributed by atoms with Gasteiger partial charge in [-0.2, -0.15) is 0 Å². The van der Waals surface area contributed by atoms with Crippen molar-refractivity contribution in [2.75, 3.05) is 25.6 Å². The van der Waals surface area contributed by atoms with Gasteiger partial charge in [0.25, 0.3) is 0 Å². The van der Waals surface area contributed by atoms with Crippen LogP contribution in [0.5, 0.6) is 0 Å². The van der Waals surface area contributed by atoms with Crippen molar-refractivity contribution in [1.82, 2.24) is 5.32 Å². The van der Waals surface area contributed by atoms with Crippen LogP contribution in [-0.4, -0.2) is 42.8 Å². The number of rotatable bonds is 5. The molecule has 7 heteroatoms. The number of hydrogen-bond donors (Lipinski definition) is 3. The number of methoxy groups -OCH3 is 1. The van der Waals surface area contributed by atoms with Gasteiger partial charge >= 0.3 is 11.8 Å². The van der Waals surface area contributed by atoms with E-state index >= 15 is 0 Å². The highest BCUT2D eigenvalue weighted by molar-refractivity contribution is 6.39. The van der Waals surface area contributed by atoms with E-state index in [4.69, 9.17) is 4.74 Å². The number of nitrogens with one attached hydrogen (secondary N) is 2. The van der Waals surface area contributed by atoms with Crippen LogP contribution in [0.15, 0.2) is 18.2 Å². The van der Waals surface area contributed by atoms with Crippen LogP contribution in [0.3, 0.4) is 0 Å². The molecule has 0 aliphatic rings. The molecule has 0 aliphatic heterocycles. The van der Waals surface area contributed by atoms with E-state index in [0.29, 0.717) is 5.56 Å². The minimum Gasteiger partial charge on any atom is -0.386 e. The standard InChI is InChI=1S/C14H19FN2O4/c1-9-4-5-10(6-11(9)15)17-13(19)12(18)16-7-14(2,20)8-21-3/h4-6,20H,7-8H2,1-3H3,(H,16,18)(H,17,19)/t14-/m1/s1. The quantitative estimate of drug-likeness (QED) is 0.694. The zero-order valence-corrected chi connectivity index (χ0v) is 12.2. The highest BCUT2D eigenvalue weighted by Crippen LogP contribution is 2.13. The molecule has 21 heavy (non-hydrogen) atoms. The maximum absolute atomic E-state index is 13.3. The second-order valence-corrected chi connectivity index (χ2v) is 5.03. The predicted molar refractivity (Wildman–Crippen MR) is 75.3 cm³/mol. The predicted octanol–water partition coefficient (Wildman–Crippen LogP) is 0.586. The Morgan fingerprint density at radius 2 is 2.05 bits per heavy atom. The van der Waals surface area contributed by atoms with Gasteiger partial charge in [-0.25, -0.2) is 4.39 Å². The molecule has 0 unspecified atom stereocenters. The number of benzene rings is 1. The van der Waals surface area contributed by atoms with Crippen molar-refractivity contribution in [3.05, 3.63) is 29.6 Å². The Morgan fingerprint density at radius 3 is 2.62 bits per heavy atom. The Bertz CT molecular complexity index is 532. The number of carbonyl (C=O) groups is 2. The number of hydrogen-bond acceptors (Lipinski definition) is 4. The molecule has 0 bridgehead atoms. The first kappa shape index (κ1) is 17.1. The lowest BCUT2D eigenvalue weighted by Gasteiger charge is -2.22. The van der Waals surface area contributed by atoms with E-state index in [0.717, 1.165) is 6.07 Å². The molecule has 1 atom stereocenters. The molecule has 0 aliphatic carbocycles. The number of amides is 2. The van der Waals surface area contributed by atoms with Gasteiger partial charge in [0, 0.05) is 19.3 Å². The molecule has 0 fully saturated rings. The van der Waals surface area contributed by atoms with Gasteiger partial charge in [-0.3, -0.25) is 9.59 Å². The highest BCUT2D eigenvalue weighted by Gasteiger charge is 2.23. The molecule has 1 aromatic carbocycles. The molecule has 1 aromatic rings. The Morgan fingerprint density at radius 1 is 1.38 bits per heavy atom. The monoisotopic (exact) mass is 298 g/mol. The molecular weight excluding hydrogens is 279 g/mol. The third-order valence-corrected chi connectivity index (χ3v) is 2.72. The summed E-state index contributed by atoms with van der Waals surface area (Å²) in [5.74, 6) is -2.34. The van der Waals surface area contributed by atoms with E-state index in [2.05, 4.69) is 10.6 Å². The summed E-state index contributed by atoms with van der Waals surface area (Å²) in [5, 5.41) is 14.3. The van der Waals surface area contributed by atoms with E-state index in [1.54, 1.807) is 6.92 Å². The molecule has 0 heterocycles. The summed E-state index contributed by atoms with van der Waals surface area (Å²) in [5.41, 5.74) is -0.657. The Labute approximate surface area is 122 Å². The smallest absolute Gasteiger partial charge is 0.313 e. The molecule has 2 amide bonds. The Kier molecular flexibility index (Phi) is 5.80. The van der Waals surface area contributed by atoms with Crippen molar-refractivity contribution in [2.24, 2.45) is 0 Å². The van der Waals surface area contributed by atoms with Crippen molar-refractivity contribution < 1.29 is 23.8 Å². The lowest BCUT2D eigenvalue weighted by Crippen LogP contribution is -2.46. The van der Waals surface area contributed by atoms with Crippen LogP contribution in [-0.2, 0) is 14.3 Å². The SMILES string of the molecule is COC[C@](C)(O)CNC(=O)C(=O)Nc1ccc(C)c(F)c1. The van der Waals surface area contributed by atoms with Gasteiger partial charge in [-0.15, -0.1) is 0 Å². The summed E-state index contributed by atoms with van der Waals surface area (Å²) in [4.78, 5) is 23.2. The van der Waals surface area contributed by atoms with E-state index in [-0.39, 0.29) is 18.8 Å². The lowest BCUT2D eigenvalue weighted by molar-refractivity contribution is -0.137. The lowest BCUT2D eigenvalue weighted by atomic mass is 10.1. The summed E-state index contributed by atoms with van der Waals surface area (Å²) in [6.07, 6.45) is 0. The summed E-state index contributed by atoms with van der Waals surface area (Å²) in [6.45, 7) is 2.92. The third kappa shape index (κ3) is 5.49. The molecule has 1 rings (SSSR count). The van der Waals surface area contributed by atoms with Gasteiger partial charge in [0.05, 0.1) is 6.61 Å². The minimum atomic E-state index is -1.28. The molecule has 6 nitrogen and oxygen atoms in total. The number of halogens is 1. The number of ether oxygens (including phenoxy) is 1. The van der Waals surface area contributed by atoms with Gasteiger partial charge < -0.3 is 20.5 Å². The number of aliphatic hydroxyl groups is 1. The van der Waals surface area contributed by atoms with Crippen molar-refractivity contribution in [2.45, 2.75) is 19.4 Å². The molecule has 0 spiro atoms. The molecule has 116 valence electrons. The summed E-state index contributed by atoms with van der Waals surface area (Å²) < 4.78 is 18.1. The first-order valence-electron chi connectivity index (χ1n) is 6.32. The molecule has 0 saturated heterocycles. The molecular formula is C14H19FN2O4. The summed E-state index contributed by atoms with van der Waals surface area (Å²) in [6, 6.07) is 4.11. The van der Waals surface area contributed by atoms with Gasteiger partial charge in [0.2, 0.25) is 0 Å². The Hall–Kier alpha value is -1.99. The van der Waals surface area contributed by atoms with Crippen LogP contribution in [0.2, 0.25) is 0 Å². The fourth-order valence-corrected chi connectivity index (χ4v) is 1.57. The van der Waals surface area contributed by atoms with E-state index < -0.39 is 23.2 Å². The fourth-order valence-electron chi connectivity index (χ4n) is 1.57. The van der Waals surface area contributed by atoms with Gasteiger partial charge in [0.15, 0.2) is 0 Å². The summed E-state index contributed by atoms with van der Waals surface area (Å²) in [7, 11) is 1.41. The third-order valence-electron chi connectivity index (χ3n) is 2.72. The average molecular weight is 298 g/mol. The first-order chi connectivity index (χ1) is 9.75. The summed E-state index contributed by atoms with van der Waals surface area (Å²) >= 11 is 0. The van der Waals surface area contributed by atoms with Crippen LogP contribution in [0.25, 0.3) is 0 Å². The molecule has 3 N–H and O–H groups in total. The van der Waals surface area contributed by atoms with Crippen LogP contribution in [0.1, 0.15) is 12.5 Å². The van der Waals surface area contributed by atoms with E-state index in [9.17, 15) is 19.1 Å². The second kappa shape index (κ2) is 7.14. The largest absolute Gasteiger partial charge is 0.386 e. The van der Waals surface area contributed by atoms with E-state index in [1.165, 1.54) is 26.2 Å². The van der Waals surface area contributed by atoms with Crippen molar-refractivity contribution in [1.29, 1.82) is 0 Å². The fraction of sp³-hybridized carbons (Fsp3) is 0.429. The normalized spacial score (nSPS) is 13.4. The van der Waals surface area contributed by atoms with Crippen LogP contribution in [0.4, 0.5) is 10.1 Å². The highest BCUT2D eigenvalue weighted by atomic mass is 19.1. The second-order valence-electron chi connectivity index (χ2n) is 5.03. The van der Waals surface area contributed by atoms with Crippen LogP contribution >= 0.6 is 0 Å². The zero-order chi connectivity index (χ0) is 16.0. The zero-order valence-electron chi connectivity index (χ0n) is 12.2. The van der Waals surface area contributed by atoms with Crippen molar-refractivity contribution >= 4 is 17.5 Å². The van der Waals surface area contributed by atoms with Gasteiger partial charge in [0.1, 0.15) is 11.4 Å². The maximum Gasteiger partial charge on any atom is 0.313 e. The van der Waals surface area contributed by atoms with Crippen LogP contribution in [0, 0.1) is 12.7 Å². The number of carbonyl (C=O) groups excluding carboxylic acids is 2. The Balaban J connectivity index is 2.55. The van der Waals surface area contributed by atoms with E-state index in [1.807, 2.05) is 0 Å². The topological polar surface area (TPSA) is 87.7 Å². The average Bonchev–Trinajstić information content (AvgIpc) is 2.40. The number of anilines is 1. The molecule has 0 radical (unpaired) electrons. The number of aryl methyl sites for hydroxylation is 1. The van der Waals surface area contributed by atoms with Crippen LogP contribution < -0.4 is 10.6 Å². The van der Waals surface area contributed by atoms with Crippen molar-refractivity contribution in [3.63, 3.8) is 0 Å². The van der Waals surface area contributed by atoms with Crippen molar-refractivity contribution in [3.8, 4) is 0 Å².